The number of hydrogen-bond acceptors (Lipinski definition) is 9. The number of tetrazole rings is 1. The van der Waals surface area contributed by atoms with Crippen molar-refractivity contribution in [1.29, 1.82) is 0 Å². The zero-order chi connectivity index (χ0) is 16.4. The summed E-state index contributed by atoms with van der Waals surface area (Å²) in [5.74, 6) is 2.11. The summed E-state index contributed by atoms with van der Waals surface area (Å²) in [4.78, 5) is 9.83. The van der Waals surface area contributed by atoms with Gasteiger partial charge in [-0.25, -0.2) is 0 Å². The molecule has 3 rings (SSSR count). The van der Waals surface area contributed by atoms with Crippen LogP contribution in [-0.2, 0) is 14.1 Å². The van der Waals surface area contributed by atoms with Gasteiger partial charge in [0.15, 0.2) is 0 Å². The summed E-state index contributed by atoms with van der Waals surface area (Å²) in [5.41, 5.74) is 0.672. The van der Waals surface area contributed by atoms with Gasteiger partial charge in [-0.3, -0.25) is 4.68 Å². The van der Waals surface area contributed by atoms with Crippen LogP contribution in [0.25, 0.3) is 11.4 Å². The molecule has 0 bridgehead atoms. The fourth-order valence-electron chi connectivity index (χ4n) is 1.92. The van der Waals surface area contributed by atoms with Crippen molar-refractivity contribution in [2.45, 2.75) is 0 Å². The van der Waals surface area contributed by atoms with Crippen LogP contribution in [0.5, 0.6) is 11.8 Å². The van der Waals surface area contributed by atoms with Gasteiger partial charge in [0, 0.05) is 7.05 Å². The molecule has 3 aromatic heterocycles. The Hall–Kier alpha value is -3.24. The normalized spacial score (nSPS) is 10.6. The average Bonchev–Trinajstić information content (AvgIpc) is 3.13. The Morgan fingerprint density at radius 3 is 2.35 bits per heavy atom. The van der Waals surface area contributed by atoms with E-state index >= 15 is 0 Å². The summed E-state index contributed by atoms with van der Waals surface area (Å²) in [6, 6.07) is 1.58. The molecule has 0 saturated carbocycles. The quantitative estimate of drug-likeness (QED) is 0.702. The fourth-order valence-corrected chi connectivity index (χ4v) is 1.92. The number of aryl methyl sites for hydroxylation is 2. The van der Waals surface area contributed by atoms with E-state index in [1.54, 1.807) is 31.0 Å². The lowest BCUT2D eigenvalue weighted by molar-refractivity contribution is 0.373. The average molecular weight is 317 g/mol. The SMILES string of the molecule is COc1cc(OC)nc(Nc2c(-c3nnn(C)n3)cnn2C)n1. The second kappa shape index (κ2) is 5.87. The monoisotopic (exact) mass is 317 g/mol. The second-order valence-corrected chi connectivity index (χ2v) is 4.53. The first-order chi connectivity index (χ1) is 11.1. The molecule has 0 amide bonds. The molecular formula is C12H15N9O2. The Kier molecular flexibility index (Phi) is 3.75. The molecule has 0 atom stereocenters. The van der Waals surface area contributed by atoms with Crippen LogP contribution < -0.4 is 14.8 Å². The van der Waals surface area contributed by atoms with Crippen LogP contribution in [0.1, 0.15) is 0 Å². The van der Waals surface area contributed by atoms with E-state index in [1.165, 1.54) is 19.0 Å². The lowest BCUT2D eigenvalue weighted by Gasteiger charge is -2.09. The molecule has 0 unspecified atom stereocenters. The van der Waals surface area contributed by atoms with Crippen LogP contribution in [-0.4, -0.2) is 54.2 Å². The summed E-state index contributed by atoms with van der Waals surface area (Å²) in [7, 11) is 6.50. The zero-order valence-corrected chi connectivity index (χ0v) is 13.0. The van der Waals surface area contributed by atoms with Crippen LogP contribution in [0, 0.1) is 0 Å². The van der Waals surface area contributed by atoms with E-state index < -0.39 is 0 Å². The van der Waals surface area contributed by atoms with E-state index in [0.717, 1.165) is 0 Å². The van der Waals surface area contributed by atoms with Gasteiger partial charge >= 0.3 is 0 Å². The van der Waals surface area contributed by atoms with Crippen molar-refractivity contribution in [3.63, 3.8) is 0 Å². The van der Waals surface area contributed by atoms with Crippen LogP contribution in [0.4, 0.5) is 11.8 Å². The van der Waals surface area contributed by atoms with Crippen molar-refractivity contribution in [3.8, 4) is 23.1 Å². The Morgan fingerprint density at radius 1 is 1.09 bits per heavy atom. The molecule has 0 aromatic carbocycles. The standard InChI is InChI=1S/C12H15N9O2/c1-20-11(7(6-13-20)10-17-19-21(2)18-10)16-12-14-8(22-3)5-9(15-12)23-4/h5-6H,1-4H3,(H,14,15,16). The van der Waals surface area contributed by atoms with E-state index in [-0.39, 0.29) is 0 Å². The molecule has 3 heterocycles. The van der Waals surface area contributed by atoms with Crippen molar-refractivity contribution in [1.82, 2.24) is 40.0 Å². The Morgan fingerprint density at radius 2 is 1.78 bits per heavy atom. The van der Waals surface area contributed by atoms with Gasteiger partial charge in [-0.05, 0) is 5.21 Å². The van der Waals surface area contributed by atoms with Gasteiger partial charge in [-0.15, -0.1) is 10.2 Å². The van der Waals surface area contributed by atoms with E-state index in [2.05, 4.69) is 35.8 Å². The van der Waals surface area contributed by atoms with Crippen LogP contribution in [0.3, 0.4) is 0 Å². The highest BCUT2D eigenvalue weighted by molar-refractivity contribution is 5.72. The number of nitrogens with one attached hydrogen (secondary N) is 1. The van der Waals surface area contributed by atoms with Gasteiger partial charge in [-0.1, -0.05) is 0 Å². The van der Waals surface area contributed by atoms with E-state index in [1.807, 2.05) is 0 Å². The molecule has 0 spiro atoms. The predicted molar refractivity (Wildman–Crippen MR) is 79.4 cm³/mol. The third-order valence-corrected chi connectivity index (χ3v) is 3.02. The molecule has 1 N–H and O–H groups in total. The van der Waals surface area contributed by atoms with Crippen LogP contribution in [0.15, 0.2) is 12.3 Å². The molecule has 11 heteroatoms. The third kappa shape index (κ3) is 2.88. The number of hydrogen-bond donors (Lipinski definition) is 1. The van der Waals surface area contributed by atoms with E-state index in [0.29, 0.717) is 34.9 Å². The first kappa shape index (κ1) is 14.7. The van der Waals surface area contributed by atoms with Crippen molar-refractivity contribution in [2.24, 2.45) is 14.1 Å². The molecule has 120 valence electrons. The first-order valence-corrected chi connectivity index (χ1v) is 6.61. The lowest BCUT2D eigenvalue weighted by Crippen LogP contribution is -2.05. The summed E-state index contributed by atoms with van der Waals surface area (Å²) < 4.78 is 11.9. The highest BCUT2D eigenvalue weighted by Crippen LogP contribution is 2.27. The molecule has 11 nitrogen and oxygen atoms in total. The predicted octanol–water partition coefficient (Wildman–Crippen LogP) is 0.161. The van der Waals surface area contributed by atoms with Crippen molar-refractivity contribution in [2.75, 3.05) is 19.5 Å². The highest BCUT2D eigenvalue weighted by atomic mass is 16.5. The molecule has 0 saturated heterocycles. The maximum Gasteiger partial charge on any atom is 0.235 e. The second-order valence-electron chi connectivity index (χ2n) is 4.53. The van der Waals surface area contributed by atoms with Crippen molar-refractivity contribution < 1.29 is 9.47 Å². The third-order valence-electron chi connectivity index (χ3n) is 3.02. The summed E-state index contributed by atoms with van der Waals surface area (Å²) in [6.07, 6.45) is 1.64. The number of anilines is 2. The van der Waals surface area contributed by atoms with E-state index in [4.69, 9.17) is 9.47 Å². The Balaban J connectivity index is 1.99. The maximum absolute atomic E-state index is 5.13. The van der Waals surface area contributed by atoms with Gasteiger partial charge in [0.1, 0.15) is 5.82 Å². The molecule has 0 aliphatic heterocycles. The van der Waals surface area contributed by atoms with Gasteiger partial charge < -0.3 is 14.8 Å². The highest BCUT2D eigenvalue weighted by Gasteiger charge is 2.17. The van der Waals surface area contributed by atoms with E-state index in [9.17, 15) is 0 Å². The number of aromatic nitrogens is 8. The number of rotatable bonds is 5. The van der Waals surface area contributed by atoms with Crippen LogP contribution >= 0.6 is 0 Å². The summed E-state index contributed by atoms with van der Waals surface area (Å²) in [6.45, 7) is 0. The van der Waals surface area contributed by atoms with Crippen molar-refractivity contribution in [3.05, 3.63) is 12.3 Å². The number of ether oxygens (including phenoxy) is 2. The lowest BCUT2D eigenvalue weighted by atomic mass is 10.3. The zero-order valence-electron chi connectivity index (χ0n) is 13.0. The molecule has 23 heavy (non-hydrogen) atoms. The van der Waals surface area contributed by atoms with Gasteiger partial charge in [0.05, 0.1) is 39.1 Å². The molecule has 0 fully saturated rings. The molecule has 0 aliphatic carbocycles. The smallest absolute Gasteiger partial charge is 0.235 e. The molecule has 0 radical (unpaired) electrons. The Labute approximate surface area is 131 Å². The summed E-state index contributed by atoms with van der Waals surface area (Å²) >= 11 is 0. The number of nitrogens with zero attached hydrogens (tertiary/aromatic N) is 8. The largest absolute Gasteiger partial charge is 0.481 e. The number of methoxy groups -OCH3 is 2. The molecule has 3 aromatic rings. The van der Waals surface area contributed by atoms with Gasteiger partial charge in [-0.2, -0.15) is 19.9 Å². The minimum absolute atomic E-state index is 0.301. The minimum atomic E-state index is 0.301. The first-order valence-electron chi connectivity index (χ1n) is 6.61. The van der Waals surface area contributed by atoms with Gasteiger partial charge in [0.25, 0.3) is 0 Å². The van der Waals surface area contributed by atoms with Crippen LogP contribution in [0.2, 0.25) is 0 Å². The fraction of sp³-hybridized carbons (Fsp3) is 0.333. The van der Waals surface area contributed by atoms with Gasteiger partial charge in [0.2, 0.25) is 23.5 Å². The maximum atomic E-state index is 5.13. The minimum Gasteiger partial charge on any atom is -0.481 e. The van der Waals surface area contributed by atoms with Crippen molar-refractivity contribution >= 4 is 11.8 Å². The summed E-state index contributed by atoms with van der Waals surface area (Å²) in [5, 5.41) is 19.3. The molecule has 0 aliphatic rings. The Bertz CT molecular complexity index is 804. The topological polar surface area (TPSA) is 118 Å². The molecular weight excluding hydrogens is 302 g/mol.